The summed E-state index contributed by atoms with van der Waals surface area (Å²) < 4.78 is 11.6. The smallest absolute Gasteiger partial charge is 0.336 e. The van der Waals surface area contributed by atoms with Crippen molar-refractivity contribution in [3.63, 3.8) is 0 Å². The van der Waals surface area contributed by atoms with Gasteiger partial charge in [0.05, 0.1) is 6.42 Å². The second-order valence-corrected chi connectivity index (χ2v) is 6.90. The molecule has 0 spiro atoms. The van der Waals surface area contributed by atoms with Crippen LogP contribution in [0.4, 0.5) is 0 Å². The first-order chi connectivity index (χ1) is 11.9. The van der Waals surface area contributed by atoms with Gasteiger partial charge in [-0.1, -0.05) is 28.1 Å². The summed E-state index contributed by atoms with van der Waals surface area (Å²) in [6, 6.07) is 12.6. The topological polar surface area (TPSA) is 56.5 Å². The number of ether oxygens (including phenoxy) is 1. The Hall–Kier alpha value is -2.40. The van der Waals surface area contributed by atoms with Gasteiger partial charge in [0.15, 0.2) is 0 Å². The largest absolute Gasteiger partial charge is 0.461 e. The average molecular weight is 401 g/mol. The molecule has 0 N–H and O–H groups in total. The summed E-state index contributed by atoms with van der Waals surface area (Å²) in [5.41, 5.74) is 3.71. The Balaban J connectivity index is 1.78. The number of hydrogen-bond acceptors (Lipinski definition) is 4. The number of halogens is 1. The van der Waals surface area contributed by atoms with Crippen molar-refractivity contribution in [1.29, 1.82) is 0 Å². The van der Waals surface area contributed by atoms with E-state index in [4.69, 9.17) is 9.15 Å². The van der Waals surface area contributed by atoms with Crippen LogP contribution < -0.4 is 5.63 Å². The van der Waals surface area contributed by atoms with Gasteiger partial charge in [0.2, 0.25) is 0 Å². The summed E-state index contributed by atoms with van der Waals surface area (Å²) >= 11 is 3.36. The van der Waals surface area contributed by atoms with Crippen molar-refractivity contribution >= 4 is 32.9 Å². The Morgan fingerprint density at radius 2 is 1.76 bits per heavy atom. The van der Waals surface area contributed by atoms with Gasteiger partial charge in [0.1, 0.15) is 12.2 Å². The molecule has 0 aliphatic rings. The fourth-order valence-electron chi connectivity index (χ4n) is 2.58. The second kappa shape index (κ2) is 7.23. The van der Waals surface area contributed by atoms with E-state index in [1.54, 1.807) is 0 Å². The Labute approximate surface area is 153 Å². The Morgan fingerprint density at radius 1 is 1.08 bits per heavy atom. The molecular formula is C20H17BrO4. The molecule has 0 unspecified atom stereocenters. The van der Waals surface area contributed by atoms with E-state index in [9.17, 15) is 9.59 Å². The van der Waals surface area contributed by atoms with Crippen LogP contribution in [-0.2, 0) is 22.6 Å². The molecule has 0 saturated heterocycles. The number of esters is 1. The molecule has 3 rings (SSSR count). The number of hydrogen-bond donors (Lipinski definition) is 0. The van der Waals surface area contributed by atoms with Crippen LogP contribution in [0.3, 0.4) is 0 Å². The zero-order chi connectivity index (χ0) is 18.0. The Bertz CT molecular complexity index is 987. The van der Waals surface area contributed by atoms with E-state index in [-0.39, 0.29) is 19.0 Å². The zero-order valence-corrected chi connectivity index (χ0v) is 15.6. The minimum Gasteiger partial charge on any atom is -0.461 e. The maximum atomic E-state index is 12.1. The van der Waals surface area contributed by atoms with E-state index < -0.39 is 5.63 Å². The third-order valence-corrected chi connectivity index (χ3v) is 4.62. The molecule has 0 aliphatic heterocycles. The van der Waals surface area contributed by atoms with Crippen molar-refractivity contribution in [3.8, 4) is 0 Å². The Morgan fingerprint density at radius 3 is 2.48 bits per heavy atom. The molecule has 25 heavy (non-hydrogen) atoms. The summed E-state index contributed by atoms with van der Waals surface area (Å²) in [7, 11) is 0. The highest BCUT2D eigenvalue weighted by atomic mass is 79.9. The normalized spacial score (nSPS) is 10.8. The SMILES string of the molecule is Cc1cc2oc(=O)cc(COC(=O)Cc3ccc(Br)cc3)c2cc1C. The molecule has 1 heterocycles. The van der Waals surface area contributed by atoms with Gasteiger partial charge >= 0.3 is 11.6 Å². The fraction of sp³-hybridized carbons (Fsp3) is 0.200. The predicted molar refractivity (Wildman–Crippen MR) is 99.6 cm³/mol. The maximum absolute atomic E-state index is 12.1. The van der Waals surface area contributed by atoms with Gasteiger partial charge in [-0.3, -0.25) is 4.79 Å². The number of benzene rings is 2. The van der Waals surface area contributed by atoms with Gasteiger partial charge in [-0.25, -0.2) is 4.79 Å². The van der Waals surface area contributed by atoms with Crippen LogP contribution in [0.15, 0.2) is 56.1 Å². The van der Waals surface area contributed by atoms with Gasteiger partial charge in [-0.2, -0.15) is 0 Å². The van der Waals surface area contributed by atoms with Crippen LogP contribution in [0.25, 0.3) is 11.0 Å². The van der Waals surface area contributed by atoms with Crippen molar-refractivity contribution < 1.29 is 13.9 Å². The van der Waals surface area contributed by atoms with Crippen LogP contribution in [0, 0.1) is 13.8 Å². The maximum Gasteiger partial charge on any atom is 0.336 e. The monoisotopic (exact) mass is 400 g/mol. The molecule has 0 radical (unpaired) electrons. The third-order valence-electron chi connectivity index (χ3n) is 4.09. The summed E-state index contributed by atoms with van der Waals surface area (Å²) in [6.07, 6.45) is 0.185. The summed E-state index contributed by atoms with van der Waals surface area (Å²) in [5, 5.41) is 0.791. The molecule has 0 bridgehead atoms. The van der Waals surface area contributed by atoms with Gasteiger partial charge in [-0.05, 0) is 54.8 Å². The van der Waals surface area contributed by atoms with E-state index in [0.717, 1.165) is 26.5 Å². The lowest BCUT2D eigenvalue weighted by molar-refractivity contribution is -0.144. The van der Waals surface area contributed by atoms with Crippen molar-refractivity contribution in [3.05, 3.63) is 79.6 Å². The van der Waals surface area contributed by atoms with E-state index in [0.29, 0.717) is 11.1 Å². The number of aryl methyl sites for hydroxylation is 2. The molecule has 0 atom stereocenters. The fourth-order valence-corrected chi connectivity index (χ4v) is 2.84. The van der Waals surface area contributed by atoms with Crippen LogP contribution in [-0.4, -0.2) is 5.97 Å². The number of rotatable bonds is 4. The van der Waals surface area contributed by atoms with Crippen LogP contribution in [0.5, 0.6) is 0 Å². The average Bonchev–Trinajstić information content (AvgIpc) is 2.56. The summed E-state index contributed by atoms with van der Waals surface area (Å²) in [5.74, 6) is -0.340. The molecule has 128 valence electrons. The molecular weight excluding hydrogens is 384 g/mol. The Kier molecular flexibility index (Phi) is 5.04. The minimum atomic E-state index is -0.449. The minimum absolute atomic E-state index is 0.0416. The molecule has 2 aromatic carbocycles. The van der Waals surface area contributed by atoms with Crippen LogP contribution in [0.1, 0.15) is 22.3 Å². The first-order valence-electron chi connectivity index (χ1n) is 7.86. The van der Waals surface area contributed by atoms with Gasteiger partial charge in [0.25, 0.3) is 0 Å². The standard InChI is InChI=1S/C20H17BrO4/c1-12-7-17-15(10-20(23)25-18(17)8-13(12)2)11-24-19(22)9-14-3-5-16(21)6-4-14/h3-8,10H,9,11H2,1-2H3. The summed E-state index contributed by atoms with van der Waals surface area (Å²) in [4.78, 5) is 23.8. The lowest BCUT2D eigenvalue weighted by Gasteiger charge is -2.09. The molecule has 3 aromatic rings. The highest BCUT2D eigenvalue weighted by Gasteiger charge is 2.11. The quantitative estimate of drug-likeness (QED) is 0.479. The van der Waals surface area contributed by atoms with Crippen LogP contribution in [0.2, 0.25) is 0 Å². The van der Waals surface area contributed by atoms with Crippen molar-refractivity contribution in [2.75, 3.05) is 0 Å². The molecule has 0 aliphatic carbocycles. The second-order valence-electron chi connectivity index (χ2n) is 5.99. The van der Waals surface area contributed by atoms with E-state index >= 15 is 0 Å². The molecule has 4 nitrogen and oxygen atoms in total. The van der Waals surface area contributed by atoms with Crippen molar-refractivity contribution in [2.24, 2.45) is 0 Å². The van der Waals surface area contributed by atoms with Gasteiger partial charge in [0, 0.05) is 21.5 Å². The van der Waals surface area contributed by atoms with Gasteiger partial charge in [-0.15, -0.1) is 0 Å². The van der Waals surface area contributed by atoms with Crippen LogP contribution >= 0.6 is 15.9 Å². The summed E-state index contributed by atoms with van der Waals surface area (Å²) in [6.45, 7) is 3.99. The predicted octanol–water partition coefficient (Wildman–Crippen LogP) is 4.46. The lowest BCUT2D eigenvalue weighted by atomic mass is 10.0. The molecule has 0 saturated carbocycles. The van der Waals surface area contributed by atoms with Crippen molar-refractivity contribution in [1.82, 2.24) is 0 Å². The molecule has 1 aromatic heterocycles. The molecule has 0 fully saturated rings. The lowest BCUT2D eigenvalue weighted by Crippen LogP contribution is -2.10. The number of fused-ring (bicyclic) bond motifs is 1. The number of carbonyl (C=O) groups is 1. The van der Waals surface area contributed by atoms with E-state index in [1.165, 1.54) is 6.07 Å². The highest BCUT2D eigenvalue weighted by molar-refractivity contribution is 9.10. The van der Waals surface area contributed by atoms with E-state index in [1.807, 2.05) is 50.2 Å². The molecule has 0 amide bonds. The highest BCUT2D eigenvalue weighted by Crippen LogP contribution is 2.22. The van der Waals surface area contributed by atoms with E-state index in [2.05, 4.69) is 15.9 Å². The van der Waals surface area contributed by atoms with Crippen molar-refractivity contribution in [2.45, 2.75) is 26.9 Å². The number of carbonyl (C=O) groups excluding carboxylic acids is 1. The molecule has 5 heteroatoms. The first kappa shape index (κ1) is 17.4. The third kappa shape index (κ3) is 4.17. The van der Waals surface area contributed by atoms with Gasteiger partial charge < -0.3 is 9.15 Å². The zero-order valence-electron chi connectivity index (χ0n) is 14.0. The first-order valence-corrected chi connectivity index (χ1v) is 8.66.